The predicted octanol–water partition coefficient (Wildman–Crippen LogP) is 1.85. The molecule has 0 fully saturated rings. The summed E-state index contributed by atoms with van der Waals surface area (Å²) < 4.78 is 3.13. The molecule has 114 valence electrons. The van der Waals surface area contributed by atoms with E-state index in [0.29, 0.717) is 16.5 Å². The van der Waals surface area contributed by atoms with Gasteiger partial charge in [0, 0.05) is 6.20 Å². The molecule has 0 aliphatic carbocycles. The lowest BCUT2D eigenvalue weighted by Crippen LogP contribution is -2.20. The number of fused-ring (bicyclic) bond motifs is 3. The van der Waals surface area contributed by atoms with Crippen LogP contribution in [-0.4, -0.2) is 35.6 Å². The second kappa shape index (κ2) is 5.17. The molecular weight excluding hydrogens is 312 g/mol. The highest BCUT2D eigenvalue weighted by Crippen LogP contribution is 2.15. The monoisotopic (exact) mass is 324 g/mol. The molecule has 7 nitrogen and oxygen atoms in total. The number of hydrogen-bond acceptors (Lipinski definition) is 6. The number of aryl methyl sites for hydroxylation is 1. The van der Waals surface area contributed by atoms with Crippen LogP contribution in [0.3, 0.4) is 0 Å². The molecule has 0 unspecified atom stereocenters. The van der Waals surface area contributed by atoms with E-state index in [4.69, 9.17) is 0 Å². The third kappa shape index (κ3) is 2.10. The van der Waals surface area contributed by atoms with Crippen molar-refractivity contribution in [2.75, 3.05) is 6.26 Å². The summed E-state index contributed by atoms with van der Waals surface area (Å²) in [7, 11) is 0. The molecule has 0 aliphatic heterocycles. The van der Waals surface area contributed by atoms with Crippen molar-refractivity contribution in [2.45, 2.75) is 12.1 Å². The first kappa shape index (κ1) is 13.9. The summed E-state index contributed by atoms with van der Waals surface area (Å²) in [4.78, 5) is 17.0. The van der Waals surface area contributed by atoms with Crippen LogP contribution in [0.1, 0.15) is 5.56 Å². The Balaban J connectivity index is 2.04. The number of para-hydroxylation sites is 1. The molecule has 8 heteroatoms. The molecule has 0 N–H and O–H groups in total. The lowest BCUT2D eigenvalue weighted by Gasteiger charge is -2.09. The first-order chi connectivity index (χ1) is 11.2. The van der Waals surface area contributed by atoms with Gasteiger partial charge in [0.1, 0.15) is 5.52 Å². The fourth-order valence-electron chi connectivity index (χ4n) is 2.50. The number of thioether (sulfide) groups is 1. The summed E-state index contributed by atoms with van der Waals surface area (Å²) in [5.41, 5.74) is 2.46. The highest BCUT2D eigenvalue weighted by atomic mass is 32.2. The van der Waals surface area contributed by atoms with E-state index in [1.54, 1.807) is 15.3 Å². The van der Waals surface area contributed by atoms with Gasteiger partial charge in [-0.3, -0.25) is 9.36 Å². The maximum absolute atomic E-state index is 12.8. The van der Waals surface area contributed by atoms with E-state index in [1.165, 1.54) is 11.8 Å². The van der Waals surface area contributed by atoms with Crippen molar-refractivity contribution >= 4 is 28.6 Å². The van der Waals surface area contributed by atoms with Crippen molar-refractivity contribution < 1.29 is 0 Å². The smallest absolute Gasteiger partial charge is 0.282 e. The van der Waals surface area contributed by atoms with Crippen molar-refractivity contribution in [3.63, 3.8) is 0 Å². The Morgan fingerprint density at radius 3 is 2.74 bits per heavy atom. The molecule has 1 aromatic carbocycles. The van der Waals surface area contributed by atoms with Crippen LogP contribution in [-0.2, 0) is 0 Å². The van der Waals surface area contributed by atoms with E-state index in [0.717, 1.165) is 11.3 Å². The van der Waals surface area contributed by atoms with E-state index in [1.807, 2.05) is 43.5 Å². The quantitative estimate of drug-likeness (QED) is 0.524. The Hall–Kier alpha value is -2.74. The topological polar surface area (TPSA) is 78.0 Å². The summed E-state index contributed by atoms with van der Waals surface area (Å²) in [5.74, 6) is 0.384. The van der Waals surface area contributed by atoms with Gasteiger partial charge < -0.3 is 0 Å². The van der Waals surface area contributed by atoms with E-state index >= 15 is 0 Å². The summed E-state index contributed by atoms with van der Waals surface area (Å²) in [5, 5.41) is 13.0. The second-order valence-electron chi connectivity index (χ2n) is 5.02. The fourth-order valence-corrected chi connectivity index (χ4v) is 2.83. The minimum Gasteiger partial charge on any atom is -0.282 e. The molecule has 0 aliphatic rings. The second-order valence-corrected chi connectivity index (χ2v) is 5.79. The van der Waals surface area contributed by atoms with Crippen molar-refractivity contribution in [1.82, 2.24) is 29.4 Å². The van der Waals surface area contributed by atoms with Gasteiger partial charge in [0.25, 0.3) is 11.3 Å². The van der Waals surface area contributed by atoms with Gasteiger partial charge in [0.15, 0.2) is 5.52 Å². The van der Waals surface area contributed by atoms with Crippen LogP contribution in [0.15, 0.2) is 46.5 Å². The SMILES string of the molecule is CSc1nc2nnc3c(=O)n(-c4ccccc4C)ccc3n2n1. The van der Waals surface area contributed by atoms with Crippen LogP contribution in [0.5, 0.6) is 0 Å². The molecular formula is C15H12N6OS. The first-order valence-electron chi connectivity index (χ1n) is 6.94. The molecule has 0 saturated heterocycles. The molecule has 0 spiro atoms. The average Bonchev–Trinajstić information content (AvgIpc) is 3.00. The Morgan fingerprint density at radius 2 is 1.96 bits per heavy atom. The van der Waals surface area contributed by atoms with Gasteiger partial charge in [-0.2, -0.15) is 9.50 Å². The Bertz CT molecular complexity index is 1100. The molecule has 3 aromatic heterocycles. The molecule has 0 amide bonds. The first-order valence-corrected chi connectivity index (χ1v) is 8.16. The van der Waals surface area contributed by atoms with Crippen molar-refractivity contribution in [2.24, 2.45) is 0 Å². The van der Waals surface area contributed by atoms with Gasteiger partial charge in [-0.1, -0.05) is 30.0 Å². The fraction of sp³-hybridized carbons (Fsp3) is 0.133. The lowest BCUT2D eigenvalue weighted by atomic mass is 10.2. The number of nitrogens with zero attached hydrogens (tertiary/aromatic N) is 6. The molecule has 0 radical (unpaired) electrons. The number of rotatable bonds is 2. The summed E-state index contributed by atoms with van der Waals surface area (Å²) in [6.07, 6.45) is 3.62. The van der Waals surface area contributed by atoms with Crippen molar-refractivity contribution in [3.8, 4) is 5.69 Å². The third-order valence-corrected chi connectivity index (χ3v) is 4.18. The lowest BCUT2D eigenvalue weighted by molar-refractivity contribution is 0.884. The van der Waals surface area contributed by atoms with Crippen LogP contribution in [0.2, 0.25) is 0 Å². The maximum atomic E-state index is 12.8. The largest absolute Gasteiger partial charge is 0.285 e. The summed E-state index contributed by atoms with van der Waals surface area (Å²) in [6.45, 7) is 1.96. The average molecular weight is 324 g/mol. The van der Waals surface area contributed by atoms with Gasteiger partial charge in [-0.05, 0) is 30.9 Å². The van der Waals surface area contributed by atoms with E-state index in [-0.39, 0.29) is 11.1 Å². The van der Waals surface area contributed by atoms with E-state index in [9.17, 15) is 4.79 Å². The molecule has 0 bridgehead atoms. The Morgan fingerprint density at radius 1 is 1.13 bits per heavy atom. The van der Waals surface area contributed by atoms with Crippen LogP contribution in [0.4, 0.5) is 0 Å². The van der Waals surface area contributed by atoms with Gasteiger partial charge in [-0.25, -0.2) is 0 Å². The van der Waals surface area contributed by atoms with E-state index < -0.39 is 0 Å². The van der Waals surface area contributed by atoms with Crippen LogP contribution in [0.25, 0.3) is 22.5 Å². The predicted molar refractivity (Wildman–Crippen MR) is 88.2 cm³/mol. The van der Waals surface area contributed by atoms with Crippen LogP contribution >= 0.6 is 11.8 Å². The van der Waals surface area contributed by atoms with Gasteiger partial charge in [-0.15, -0.1) is 15.3 Å². The number of pyridine rings is 1. The van der Waals surface area contributed by atoms with Gasteiger partial charge >= 0.3 is 0 Å². The van der Waals surface area contributed by atoms with Crippen LogP contribution in [0, 0.1) is 6.92 Å². The minimum atomic E-state index is -0.229. The molecule has 0 atom stereocenters. The number of hydrogen-bond donors (Lipinski definition) is 0. The van der Waals surface area contributed by atoms with Crippen molar-refractivity contribution in [1.29, 1.82) is 0 Å². The number of aromatic nitrogens is 6. The Labute approximate surface area is 135 Å². The van der Waals surface area contributed by atoms with Gasteiger partial charge in [0.2, 0.25) is 5.16 Å². The zero-order valence-electron chi connectivity index (χ0n) is 12.5. The standard InChI is InChI=1S/C15H12N6OS/c1-9-5-3-4-6-10(9)20-8-7-11-12(13(20)22)17-18-14-16-15(23-2)19-21(11)14/h3-8H,1-2H3. The van der Waals surface area contributed by atoms with E-state index in [2.05, 4.69) is 20.3 Å². The molecule has 0 saturated carbocycles. The minimum absolute atomic E-state index is 0.229. The van der Waals surface area contributed by atoms with Crippen LogP contribution < -0.4 is 5.56 Å². The zero-order valence-corrected chi connectivity index (χ0v) is 13.3. The molecule has 4 rings (SSSR count). The third-order valence-electron chi connectivity index (χ3n) is 3.64. The number of benzene rings is 1. The molecule has 3 heterocycles. The van der Waals surface area contributed by atoms with Gasteiger partial charge in [0.05, 0.1) is 5.69 Å². The summed E-state index contributed by atoms with van der Waals surface area (Å²) >= 11 is 1.42. The molecule has 23 heavy (non-hydrogen) atoms. The zero-order chi connectivity index (χ0) is 16.0. The highest BCUT2D eigenvalue weighted by molar-refractivity contribution is 7.98. The highest BCUT2D eigenvalue weighted by Gasteiger charge is 2.13. The normalized spacial score (nSPS) is 11.4. The Kier molecular flexibility index (Phi) is 3.12. The van der Waals surface area contributed by atoms with Crippen molar-refractivity contribution in [3.05, 3.63) is 52.4 Å². The maximum Gasteiger partial charge on any atom is 0.285 e. The summed E-state index contributed by atoms with van der Waals surface area (Å²) in [6, 6.07) is 9.51. The molecule has 4 aromatic rings.